The summed E-state index contributed by atoms with van der Waals surface area (Å²) in [6.45, 7) is 0.222. The van der Waals surface area contributed by atoms with Gasteiger partial charge in [0.25, 0.3) is 5.78 Å². The van der Waals surface area contributed by atoms with E-state index < -0.39 is 0 Å². The molecule has 0 saturated heterocycles. The highest BCUT2D eigenvalue weighted by Gasteiger charge is 2.07. The fourth-order valence-corrected chi connectivity index (χ4v) is 1.77. The maximum Gasteiger partial charge on any atom is 0.351 e. The van der Waals surface area contributed by atoms with Crippen LogP contribution in [0.2, 0.25) is 0 Å². The fraction of sp³-hybridized carbons (Fsp3) is 0.0833. The average Bonchev–Trinajstić information content (AvgIpc) is 2.67. The normalized spacial score (nSPS) is 10.9. The standard InChI is InChI=1S/C12H9FN4O/c13-10-4-1-3-9(7-10)8-17-12(18)16-6-2-5-14-11(16)15-17/h1-7H,8H2. The minimum absolute atomic E-state index is 0.222. The summed E-state index contributed by atoms with van der Waals surface area (Å²) in [4.78, 5) is 15.9. The van der Waals surface area contributed by atoms with Crippen LogP contribution in [0.25, 0.3) is 5.78 Å². The Bertz CT molecular complexity index is 762. The molecule has 5 nitrogen and oxygen atoms in total. The van der Waals surface area contributed by atoms with Crippen molar-refractivity contribution < 1.29 is 4.39 Å². The second kappa shape index (κ2) is 4.06. The minimum Gasteiger partial charge on any atom is -0.246 e. The van der Waals surface area contributed by atoms with Gasteiger partial charge in [-0.3, -0.25) is 0 Å². The molecule has 0 saturated carbocycles. The number of fused-ring (bicyclic) bond motifs is 1. The molecule has 0 aliphatic heterocycles. The van der Waals surface area contributed by atoms with E-state index in [1.165, 1.54) is 21.2 Å². The van der Waals surface area contributed by atoms with Crippen LogP contribution in [0.4, 0.5) is 4.39 Å². The minimum atomic E-state index is -0.331. The second-order valence-corrected chi connectivity index (χ2v) is 3.86. The van der Waals surface area contributed by atoms with Crippen LogP contribution in [0.5, 0.6) is 0 Å². The third-order valence-corrected chi connectivity index (χ3v) is 2.59. The summed E-state index contributed by atoms with van der Waals surface area (Å²) in [5, 5.41) is 4.07. The van der Waals surface area contributed by atoms with E-state index in [0.29, 0.717) is 11.3 Å². The van der Waals surface area contributed by atoms with Crippen molar-refractivity contribution >= 4 is 5.78 Å². The number of rotatable bonds is 2. The molecular weight excluding hydrogens is 235 g/mol. The third-order valence-electron chi connectivity index (χ3n) is 2.59. The van der Waals surface area contributed by atoms with Crippen molar-refractivity contribution in [3.63, 3.8) is 0 Å². The summed E-state index contributed by atoms with van der Waals surface area (Å²) in [5.74, 6) is 0.00124. The Hall–Kier alpha value is -2.50. The first-order valence-electron chi connectivity index (χ1n) is 5.39. The van der Waals surface area contributed by atoms with Gasteiger partial charge in [0, 0.05) is 12.4 Å². The Kier molecular flexibility index (Phi) is 2.40. The van der Waals surface area contributed by atoms with E-state index in [9.17, 15) is 9.18 Å². The smallest absolute Gasteiger partial charge is 0.246 e. The highest BCUT2D eigenvalue weighted by Crippen LogP contribution is 2.04. The molecular formula is C12H9FN4O. The van der Waals surface area contributed by atoms with E-state index in [-0.39, 0.29) is 18.1 Å². The Morgan fingerprint density at radius 3 is 2.94 bits per heavy atom. The topological polar surface area (TPSA) is 52.2 Å². The number of aromatic nitrogens is 4. The van der Waals surface area contributed by atoms with Crippen molar-refractivity contribution in [1.29, 1.82) is 0 Å². The molecule has 0 amide bonds. The fourth-order valence-electron chi connectivity index (χ4n) is 1.77. The average molecular weight is 244 g/mol. The highest BCUT2D eigenvalue weighted by molar-refractivity contribution is 5.24. The number of halogens is 1. The van der Waals surface area contributed by atoms with Crippen LogP contribution in [0.15, 0.2) is 47.5 Å². The third kappa shape index (κ3) is 1.77. The van der Waals surface area contributed by atoms with Gasteiger partial charge < -0.3 is 0 Å². The molecule has 0 bridgehead atoms. The van der Waals surface area contributed by atoms with Gasteiger partial charge in [0.2, 0.25) is 0 Å². The first-order chi connectivity index (χ1) is 8.74. The van der Waals surface area contributed by atoms with E-state index >= 15 is 0 Å². The van der Waals surface area contributed by atoms with Gasteiger partial charge in [-0.15, -0.1) is 5.10 Å². The predicted octanol–water partition coefficient (Wildman–Crippen LogP) is 1.08. The van der Waals surface area contributed by atoms with Crippen LogP contribution in [0, 0.1) is 5.82 Å². The molecule has 3 rings (SSSR count). The van der Waals surface area contributed by atoms with Crippen molar-refractivity contribution in [3.8, 4) is 0 Å². The second-order valence-electron chi connectivity index (χ2n) is 3.86. The maximum atomic E-state index is 13.0. The van der Waals surface area contributed by atoms with Crippen molar-refractivity contribution in [1.82, 2.24) is 19.2 Å². The highest BCUT2D eigenvalue weighted by atomic mass is 19.1. The first kappa shape index (κ1) is 10.6. The molecule has 0 radical (unpaired) electrons. The zero-order valence-corrected chi connectivity index (χ0v) is 9.32. The van der Waals surface area contributed by atoms with Crippen LogP contribution in [0.1, 0.15) is 5.56 Å². The van der Waals surface area contributed by atoms with Gasteiger partial charge in [0.15, 0.2) is 0 Å². The maximum absolute atomic E-state index is 13.0. The quantitative estimate of drug-likeness (QED) is 0.677. The lowest BCUT2D eigenvalue weighted by atomic mass is 10.2. The summed E-state index contributed by atoms with van der Waals surface area (Å²) in [6.07, 6.45) is 3.16. The van der Waals surface area contributed by atoms with Crippen LogP contribution >= 0.6 is 0 Å². The number of hydrogen-bond donors (Lipinski definition) is 0. The summed E-state index contributed by atoms with van der Waals surface area (Å²) in [6, 6.07) is 7.74. The van der Waals surface area contributed by atoms with Crippen LogP contribution in [-0.4, -0.2) is 19.2 Å². The van der Waals surface area contributed by atoms with Crippen molar-refractivity contribution in [2.75, 3.05) is 0 Å². The molecule has 0 unspecified atom stereocenters. The van der Waals surface area contributed by atoms with Crippen molar-refractivity contribution in [2.45, 2.75) is 6.54 Å². The Balaban J connectivity index is 2.05. The lowest BCUT2D eigenvalue weighted by Crippen LogP contribution is -2.21. The van der Waals surface area contributed by atoms with Gasteiger partial charge in [-0.25, -0.2) is 23.3 Å². The van der Waals surface area contributed by atoms with Gasteiger partial charge in [-0.1, -0.05) is 12.1 Å². The lowest BCUT2D eigenvalue weighted by molar-refractivity contribution is 0.615. The van der Waals surface area contributed by atoms with E-state index in [4.69, 9.17) is 0 Å². The van der Waals surface area contributed by atoms with Crippen LogP contribution in [0.3, 0.4) is 0 Å². The Morgan fingerprint density at radius 2 is 2.17 bits per heavy atom. The van der Waals surface area contributed by atoms with Crippen LogP contribution in [-0.2, 0) is 6.54 Å². The zero-order valence-electron chi connectivity index (χ0n) is 9.32. The van der Waals surface area contributed by atoms with Gasteiger partial charge >= 0.3 is 5.69 Å². The van der Waals surface area contributed by atoms with Gasteiger partial charge in [0.05, 0.1) is 6.54 Å². The first-order valence-corrected chi connectivity index (χ1v) is 5.39. The van der Waals surface area contributed by atoms with Crippen molar-refractivity contribution in [2.24, 2.45) is 0 Å². The molecule has 1 aromatic carbocycles. The number of hydrogen-bond acceptors (Lipinski definition) is 3. The molecule has 6 heteroatoms. The van der Waals surface area contributed by atoms with E-state index in [0.717, 1.165) is 0 Å². The molecule has 0 N–H and O–H groups in total. The molecule has 2 heterocycles. The molecule has 0 aliphatic rings. The number of nitrogens with zero attached hydrogens (tertiary/aromatic N) is 4. The van der Waals surface area contributed by atoms with E-state index in [1.54, 1.807) is 30.6 Å². The molecule has 0 atom stereocenters. The summed E-state index contributed by atoms with van der Waals surface area (Å²) >= 11 is 0. The Labute approximate surface area is 101 Å². The SMILES string of the molecule is O=c1n(Cc2cccc(F)c2)nc2ncccn12. The molecule has 2 aromatic heterocycles. The molecule has 0 aliphatic carbocycles. The largest absolute Gasteiger partial charge is 0.351 e. The monoisotopic (exact) mass is 244 g/mol. The number of benzene rings is 1. The molecule has 90 valence electrons. The zero-order chi connectivity index (χ0) is 12.5. The molecule has 0 spiro atoms. The van der Waals surface area contributed by atoms with E-state index in [1.807, 2.05) is 0 Å². The van der Waals surface area contributed by atoms with Crippen molar-refractivity contribution in [3.05, 3.63) is 64.6 Å². The van der Waals surface area contributed by atoms with Crippen LogP contribution < -0.4 is 5.69 Å². The van der Waals surface area contributed by atoms with E-state index in [2.05, 4.69) is 10.1 Å². The van der Waals surface area contributed by atoms with Gasteiger partial charge in [-0.05, 0) is 23.8 Å². The molecule has 3 aromatic rings. The Morgan fingerprint density at radius 1 is 1.28 bits per heavy atom. The molecule has 0 fully saturated rings. The van der Waals surface area contributed by atoms with Gasteiger partial charge in [-0.2, -0.15) is 0 Å². The summed E-state index contributed by atoms with van der Waals surface area (Å²) < 4.78 is 15.7. The predicted molar refractivity (Wildman–Crippen MR) is 62.7 cm³/mol. The summed E-state index contributed by atoms with van der Waals surface area (Å²) in [5.41, 5.74) is 0.392. The summed E-state index contributed by atoms with van der Waals surface area (Å²) in [7, 11) is 0. The van der Waals surface area contributed by atoms with Gasteiger partial charge in [0.1, 0.15) is 5.82 Å². The molecule has 18 heavy (non-hydrogen) atoms. The lowest BCUT2D eigenvalue weighted by Gasteiger charge is -1.99.